The number of amides is 3. The van der Waals surface area contributed by atoms with E-state index < -0.39 is 0 Å². The SMILES string of the molecule is O=C(Nc1ccc(Oc2ccc(F)cc2)nc1)N1CCCN(C(=O)c2ccccc2)CC1. The van der Waals surface area contributed by atoms with Crippen LogP contribution in [0.2, 0.25) is 0 Å². The molecule has 3 aromatic rings. The summed E-state index contributed by atoms with van der Waals surface area (Å²) in [6.07, 6.45) is 2.20. The molecule has 1 N–H and O–H groups in total. The van der Waals surface area contributed by atoms with Crippen LogP contribution in [-0.2, 0) is 0 Å². The van der Waals surface area contributed by atoms with E-state index in [1.807, 2.05) is 18.2 Å². The molecular weight excluding hydrogens is 411 g/mol. The number of carbonyl (C=O) groups excluding carboxylic acids is 2. The number of ether oxygens (including phenoxy) is 1. The summed E-state index contributed by atoms with van der Waals surface area (Å²) >= 11 is 0. The standard InChI is InChI=1S/C24H23FN4O3/c25-19-7-10-21(11-8-19)32-22-12-9-20(17-26-22)27-24(31)29-14-4-13-28(15-16-29)23(30)18-5-2-1-3-6-18/h1-3,5-12,17H,4,13-16H2,(H,27,31). The molecule has 32 heavy (non-hydrogen) atoms. The van der Waals surface area contributed by atoms with Gasteiger partial charge in [-0.15, -0.1) is 0 Å². The van der Waals surface area contributed by atoms with Gasteiger partial charge in [0, 0.05) is 37.8 Å². The van der Waals surface area contributed by atoms with Crippen LogP contribution in [-0.4, -0.2) is 52.9 Å². The van der Waals surface area contributed by atoms with Crippen LogP contribution in [0.3, 0.4) is 0 Å². The van der Waals surface area contributed by atoms with Gasteiger partial charge >= 0.3 is 6.03 Å². The van der Waals surface area contributed by atoms with Crippen molar-refractivity contribution in [1.82, 2.24) is 14.8 Å². The molecule has 2 aromatic carbocycles. The molecule has 0 aliphatic carbocycles. The highest BCUT2D eigenvalue weighted by atomic mass is 19.1. The normalized spacial score (nSPS) is 13.9. The van der Waals surface area contributed by atoms with Crippen LogP contribution >= 0.6 is 0 Å². The molecule has 1 aromatic heterocycles. The molecule has 3 amide bonds. The van der Waals surface area contributed by atoms with Gasteiger partial charge < -0.3 is 19.9 Å². The average molecular weight is 434 g/mol. The summed E-state index contributed by atoms with van der Waals surface area (Å²) in [6, 6.07) is 17.9. The number of pyridine rings is 1. The van der Waals surface area contributed by atoms with Crippen LogP contribution < -0.4 is 10.1 Å². The first-order valence-corrected chi connectivity index (χ1v) is 10.4. The molecule has 1 saturated heterocycles. The number of benzene rings is 2. The van der Waals surface area contributed by atoms with Gasteiger partial charge in [0.15, 0.2) is 0 Å². The van der Waals surface area contributed by atoms with Gasteiger partial charge in [0.1, 0.15) is 11.6 Å². The Balaban J connectivity index is 1.31. The maximum absolute atomic E-state index is 13.0. The molecule has 0 spiro atoms. The van der Waals surface area contributed by atoms with E-state index in [2.05, 4.69) is 10.3 Å². The lowest BCUT2D eigenvalue weighted by Gasteiger charge is -2.22. The van der Waals surface area contributed by atoms with Gasteiger partial charge in [0.2, 0.25) is 5.88 Å². The summed E-state index contributed by atoms with van der Waals surface area (Å²) in [5.74, 6) is 0.438. The molecule has 8 heteroatoms. The summed E-state index contributed by atoms with van der Waals surface area (Å²) in [6.45, 7) is 2.09. The van der Waals surface area contributed by atoms with Gasteiger partial charge in [-0.1, -0.05) is 18.2 Å². The van der Waals surface area contributed by atoms with Crippen molar-refractivity contribution in [3.05, 3.63) is 84.3 Å². The van der Waals surface area contributed by atoms with Gasteiger partial charge in [-0.2, -0.15) is 0 Å². The molecule has 7 nitrogen and oxygen atoms in total. The third kappa shape index (κ3) is 5.40. The minimum absolute atomic E-state index is 0.0196. The van der Waals surface area contributed by atoms with Gasteiger partial charge in [0.05, 0.1) is 11.9 Å². The third-order valence-corrected chi connectivity index (χ3v) is 5.11. The number of halogens is 1. The third-order valence-electron chi connectivity index (χ3n) is 5.11. The van der Waals surface area contributed by atoms with Crippen molar-refractivity contribution in [3.8, 4) is 11.6 Å². The highest BCUT2D eigenvalue weighted by Gasteiger charge is 2.22. The fourth-order valence-electron chi connectivity index (χ4n) is 3.43. The number of hydrogen-bond donors (Lipinski definition) is 1. The fourth-order valence-corrected chi connectivity index (χ4v) is 3.43. The first kappa shape index (κ1) is 21.3. The van der Waals surface area contributed by atoms with Crippen molar-refractivity contribution in [2.45, 2.75) is 6.42 Å². The smallest absolute Gasteiger partial charge is 0.321 e. The van der Waals surface area contributed by atoms with Crippen molar-refractivity contribution in [1.29, 1.82) is 0 Å². The van der Waals surface area contributed by atoms with Gasteiger partial charge in [-0.25, -0.2) is 14.2 Å². The second-order valence-corrected chi connectivity index (χ2v) is 7.37. The molecule has 0 atom stereocenters. The second kappa shape index (κ2) is 9.91. The van der Waals surface area contributed by atoms with E-state index in [-0.39, 0.29) is 17.8 Å². The van der Waals surface area contributed by atoms with Crippen LogP contribution in [0.5, 0.6) is 11.6 Å². The lowest BCUT2D eigenvalue weighted by atomic mass is 10.2. The molecule has 4 rings (SSSR count). The van der Waals surface area contributed by atoms with E-state index in [9.17, 15) is 14.0 Å². The Kier molecular flexibility index (Phi) is 6.60. The number of aromatic nitrogens is 1. The predicted octanol–water partition coefficient (Wildman–Crippen LogP) is 4.39. The second-order valence-electron chi connectivity index (χ2n) is 7.37. The quantitative estimate of drug-likeness (QED) is 0.661. The fraction of sp³-hybridized carbons (Fsp3) is 0.208. The van der Waals surface area contributed by atoms with E-state index in [0.717, 1.165) is 0 Å². The number of anilines is 1. The predicted molar refractivity (Wildman–Crippen MR) is 118 cm³/mol. The van der Waals surface area contributed by atoms with Gasteiger partial charge in [-0.05, 0) is 48.9 Å². The summed E-state index contributed by atoms with van der Waals surface area (Å²) < 4.78 is 18.5. The highest BCUT2D eigenvalue weighted by Crippen LogP contribution is 2.21. The molecular formula is C24H23FN4O3. The zero-order valence-corrected chi connectivity index (χ0v) is 17.4. The van der Waals surface area contributed by atoms with Crippen LogP contribution in [0.25, 0.3) is 0 Å². The highest BCUT2D eigenvalue weighted by molar-refractivity contribution is 5.94. The number of carbonyl (C=O) groups is 2. The van der Waals surface area contributed by atoms with Gasteiger partial charge in [0.25, 0.3) is 5.91 Å². The lowest BCUT2D eigenvalue weighted by molar-refractivity contribution is 0.0762. The molecule has 1 aliphatic rings. The molecule has 164 valence electrons. The Hall–Kier alpha value is -3.94. The van der Waals surface area contributed by atoms with E-state index in [0.29, 0.717) is 55.5 Å². The maximum atomic E-state index is 13.0. The van der Waals surface area contributed by atoms with Crippen LogP contribution in [0.4, 0.5) is 14.9 Å². The number of rotatable bonds is 4. The van der Waals surface area contributed by atoms with Crippen molar-refractivity contribution in [2.24, 2.45) is 0 Å². The Morgan fingerprint density at radius 2 is 1.59 bits per heavy atom. The van der Waals surface area contributed by atoms with Crippen molar-refractivity contribution >= 4 is 17.6 Å². The van der Waals surface area contributed by atoms with Crippen molar-refractivity contribution in [3.63, 3.8) is 0 Å². The summed E-state index contributed by atoms with van der Waals surface area (Å²) in [4.78, 5) is 33.0. The van der Waals surface area contributed by atoms with E-state index in [4.69, 9.17) is 4.74 Å². The molecule has 1 aliphatic heterocycles. The zero-order valence-electron chi connectivity index (χ0n) is 17.4. The van der Waals surface area contributed by atoms with E-state index >= 15 is 0 Å². The largest absolute Gasteiger partial charge is 0.439 e. The number of nitrogens with zero attached hydrogens (tertiary/aromatic N) is 3. The Labute approximate surface area is 185 Å². The minimum Gasteiger partial charge on any atom is -0.439 e. The number of nitrogens with one attached hydrogen (secondary N) is 1. The summed E-state index contributed by atoms with van der Waals surface area (Å²) in [7, 11) is 0. The number of urea groups is 1. The van der Waals surface area contributed by atoms with Crippen molar-refractivity contribution < 1.29 is 18.7 Å². The monoisotopic (exact) mass is 434 g/mol. The lowest BCUT2D eigenvalue weighted by Crippen LogP contribution is -2.39. The average Bonchev–Trinajstić information content (AvgIpc) is 3.08. The first-order chi connectivity index (χ1) is 15.6. The Morgan fingerprint density at radius 3 is 2.31 bits per heavy atom. The summed E-state index contributed by atoms with van der Waals surface area (Å²) in [5.41, 5.74) is 1.18. The summed E-state index contributed by atoms with van der Waals surface area (Å²) in [5, 5.41) is 2.83. The zero-order chi connectivity index (χ0) is 22.3. The maximum Gasteiger partial charge on any atom is 0.321 e. The topological polar surface area (TPSA) is 74.8 Å². The van der Waals surface area contributed by atoms with Gasteiger partial charge in [-0.3, -0.25) is 4.79 Å². The van der Waals surface area contributed by atoms with E-state index in [1.165, 1.54) is 30.5 Å². The molecule has 2 heterocycles. The minimum atomic E-state index is -0.343. The molecule has 0 saturated carbocycles. The molecule has 0 unspecified atom stereocenters. The Morgan fingerprint density at radius 1 is 0.875 bits per heavy atom. The first-order valence-electron chi connectivity index (χ1n) is 10.4. The molecule has 0 radical (unpaired) electrons. The molecule has 1 fully saturated rings. The van der Waals surface area contributed by atoms with Crippen LogP contribution in [0, 0.1) is 5.82 Å². The molecule has 0 bridgehead atoms. The van der Waals surface area contributed by atoms with Crippen molar-refractivity contribution in [2.75, 3.05) is 31.5 Å². The van der Waals surface area contributed by atoms with E-state index in [1.54, 1.807) is 34.1 Å². The van der Waals surface area contributed by atoms with Crippen LogP contribution in [0.15, 0.2) is 72.9 Å². The van der Waals surface area contributed by atoms with Crippen LogP contribution in [0.1, 0.15) is 16.8 Å². The number of hydrogen-bond acceptors (Lipinski definition) is 4. The Bertz CT molecular complexity index is 1060.